The second-order valence-electron chi connectivity index (χ2n) is 8.73. The molecule has 2 rings (SSSR count). The van der Waals surface area contributed by atoms with Crippen LogP contribution in [0.3, 0.4) is 0 Å². The summed E-state index contributed by atoms with van der Waals surface area (Å²) in [5.74, 6) is 0.635. The zero-order valence-electron chi connectivity index (χ0n) is 19.9. The van der Waals surface area contributed by atoms with Crippen LogP contribution in [0.25, 0.3) is 0 Å². The lowest BCUT2D eigenvalue weighted by Gasteiger charge is -2.31. The molecule has 0 radical (unpaired) electrons. The van der Waals surface area contributed by atoms with Gasteiger partial charge in [0.15, 0.2) is 6.61 Å². The quantitative estimate of drug-likeness (QED) is 0.460. The fourth-order valence-corrected chi connectivity index (χ4v) is 3.92. The number of carbonyl (C=O) groups is 2. The SMILES string of the molecule is CCC(C(=O)NC(C)C)N(Cc1ccc(C)cc1)C(=O)COc1ccc(C(C)C)cc1Br. The van der Waals surface area contributed by atoms with Crippen LogP contribution in [0.1, 0.15) is 63.6 Å². The standard InChI is InChI=1S/C26H35BrN2O3/c1-7-23(26(31)28-18(4)5)29(15-20-10-8-19(6)9-11-20)25(30)16-32-24-13-12-21(17(2)3)14-22(24)27/h8-14,17-18,23H,7,15-16H2,1-6H3,(H,28,31). The minimum atomic E-state index is -0.568. The van der Waals surface area contributed by atoms with E-state index in [2.05, 4.69) is 35.1 Å². The molecule has 0 aliphatic heterocycles. The zero-order valence-corrected chi connectivity index (χ0v) is 21.5. The Balaban J connectivity index is 2.22. The first-order valence-electron chi connectivity index (χ1n) is 11.2. The van der Waals surface area contributed by atoms with E-state index in [1.165, 1.54) is 5.56 Å². The van der Waals surface area contributed by atoms with Gasteiger partial charge in [0, 0.05) is 12.6 Å². The lowest BCUT2D eigenvalue weighted by Crippen LogP contribution is -2.51. The van der Waals surface area contributed by atoms with Gasteiger partial charge in [-0.2, -0.15) is 0 Å². The average Bonchev–Trinajstić information content (AvgIpc) is 2.73. The van der Waals surface area contributed by atoms with E-state index in [-0.39, 0.29) is 24.5 Å². The predicted octanol–water partition coefficient (Wildman–Crippen LogP) is 5.59. The summed E-state index contributed by atoms with van der Waals surface area (Å²) in [4.78, 5) is 27.7. The minimum Gasteiger partial charge on any atom is -0.483 e. The number of ether oxygens (including phenoxy) is 1. The molecule has 0 aromatic heterocycles. The molecule has 2 aromatic rings. The molecule has 1 N–H and O–H groups in total. The molecule has 1 unspecified atom stereocenters. The molecular formula is C26H35BrN2O3. The summed E-state index contributed by atoms with van der Waals surface area (Å²) in [6.45, 7) is 12.2. The zero-order chi connectivity index (χ0) is 23.8. The first-order valence-corrected chi connectivity index (χ1v) is 12.0. The van der Waals surface area contributed by atoms with Crippen LogP contribution < -0.4 is 10.1 Å². The predicted molar refractivity (Wildman–Crippen MR) is 133 cm³/mol. The van der Waals surface area contributed by atoms with Crippen molar-refractivity contribution in [3.63, 3.8) is 0 Å². The molecule has 2 aromatic carbocycles. The van der Waals surface area contributed by atoms with Gasteiger partial charge in [-0.3, -0.25) is 9.59 Å². The van der Waals surface area contributed by atoms with Crippen LogP contribution in [0.4, 0.5) is 0 Å². The fraction of sp³-hybridized carbons (Fsp3) is 0.462. The van der Waals surface area contributed by atoms with Crippen molar-refractivity contribution in [3.05, 3.63) is 63.6 Å². The van der Waals surface area contributed by atoms with Gasteiger partial charge in [0.25, 0.3) is 5.91 Å². The molecule has 0 saturated carbocycles. The van der Waals surface area contributed by atoms with E-state index in [1.807, 2.05) is 70.2 Å². The monoisotopic (exact) mass is 502 g/mol. The van der Waals surface area contributed by atoms with Gasteiger partial charge in [-0.1, -0.05) is 56.7 Å². The number of hydrogen-bond donors (Lipinski definition) is 1. The summed E-state index contributed by atoms with van der Waals surface area (Å²) >= 11 is 3.54. The highest BCUT2D eigenvalue weighted by Crippen LogP contribution is 2.29. The van der Waals surface area contributed by atoms with E-state index in [4.69, 9.17) is 4.74 Å². The maximum Gasteiger partial charge on any atom is 0.261 e. The highest BCUT2D eigenvalue weighted by Gasteiger charge is 2.29. The molecule has 0 fully saturated rings. The van der Waals surface area contributed by atoms with E-state index >= 15 is 0 Å². The number of hydrogen-bond acceptors (Lipinski definition) is 3. The summed E-state index contributed by atoms with van der Waals surface area (Å²) in [5, 5.41) is 2.94. The molecule has 1 atom stereocenters. The Bertz CT molecular complexity index is 910. The van der Waals surface area contributed by atoms with Gasteiger partial charge >= 0.3 is 0 Å². The van der Waals surface area contributed by atoms with Crippen molar-refractivity contribution in [2.24, 2.45) is 0 Å². The first kappa shape index (κ1) is 25.9. The molecule has 0 heterocycles. The summed E-state index contributed by atoms with van der Waals surface area (Å²) in [5.41, 5.74) is 3.31. The first-order chi connectivity index (χ1) is 15.1. The van der Waals surface area contributed by atoms with Gasteiger partial charge in [0.2, 0.25) is 5.91 Å². The number of amides is 2. The van der Waals surface area contributed by atoms with Crippen molar-refractivity contribution in [2.45, 2.75) is 72.5 Å². The topological polar surface area (TPSA) is 58.6 Å². The molecular weight excluding hydrogens is 468 g/mol. The van der Waals surface area contributed by atoms with Gasteiger partial charge in [-0.25, -0.2) is 0 Å². The molecule has 0 bridgehead atoms. The third kappa shape index (κ3) is 7.37. The molecule has 32 heavy (non-hydrogen) atoms. The van der Waals surface area contributed by atoms with E-state index < -0.39 is 6.04 Å². The number of carbonyl (C=O) groups excluding carboxylic acids is 2. The lowest BCUT2D eigenvalue weighted by atomic mass is 10.0. The van der Waals surface area contributed by atoms with Crippen LogP contribution >= 0.6 is 15.9 Å². The van der Waals surface area contributed by atoms with E-state index in [9.17, 15) is 9.59 Å². The minimum absolute atomic E-state index is 0.000413. The average molecular weight is 503 g/mol. The van der Waals surface area contributed by atoms with Crippen molar-refractivity contribution in [1.82, 2.24) is 10.2 Å². The van der Waals surface area contributed by atoms with Crippen molar-refractivity contribution in [2.75, 3.05) is 6.61 Å². The normalized spacial score (nSPS) is 12.0. The van der Waals surface area contributed by atoms with E-state index in [0.717, 1.165) is 15.6 Å². The Kier molecular flexibility index (Phi) is 9.76. The van der Waals surface area contributed by atoms with Crippen LogP contribution in [0.15, 0.2) is 46.9 Å². The Morgan fingerprint density at radius 2 is 1.72 bits per heavy atom. The third-order valence-electron chi connectivity index (χ3n) is 5.26. The Labute approximate surface area is 200 Å². The van der Waals surface area contributed by atoms with Crippen molar-refractivity contribution >= 4 is 27.7 Å². The molecule has 0 aliphatic rings. The van der Waals surface area contributed by atoms with E-state index in [1.54, 1.807) is 4.90 Å². The van der Waals surface area contributed by atoms with Gasteiger partial charge in [-0.05, 0) is 72.3 Å². The molecule has 0 saturated heterocycles. The number of aryl methyl sites for hydroxylation is 1. The van der Waals surface area contributed by atoms with Crippen LogP contribution in [0, 0.1) is 6.92 Å². The van der Waals surface area contributed by atoms with Crippen molar-refractivity contribution in [3.8, 4) is 5.75 Å². The largest absolute Gasteiger partial charge is 0.483 e. The molecule has 0 aliphatic carbocycles. The van der Waals surface area contributed by atoms with Crippen molar-refractivity contribution in [1.29, 1.82) is 0 Å². The van der Waals surface area contributed by atoms with Gasteiger partial charge in [0.1, 0.15) is 11.8 Å². The third-order valence-corrected chi connectivity index (χ3v) is 5.88. The maximum absolute atomic E-state index is 13.3. The highest BCUT2D eigenvalue weighted by molar-refractivity contribution is 9.10. The molecule has 0 spiro atoms. The van der Waals surface area contributed by atoms with Crippen LogP contribution in [-0.2, 0) is 16.1 Å². The van der Waals surface area contributed by atoms with Gasteiger partial charge in [0.05, 0.1) is 4.47 Å². The maximum atomic E-state index is 13.3. The number of halogens is 1. The van der Waals surface area contributed by atoms with Gasteiger partial charge in [-0.15, -0.1) is 0 Å². The molecule has 174 valence electrons. The second-order valence-corrected chi connectivity index (χ2v) is 9.58. The number of nitrogens with zero attached hydrogens (tertiary/aromatic N) is 1. The van der Waals surface area contributed by atoms with E-state index in [0.29, 0.717) is 24.6 Å². The smallest absolute Gasteiger partial charge is 0.261 e. The van der Waals surface area contributed by atoms with Crippen LogP contribution in [-0.4, -0.2) is 35.4 Å². The molecule has 2 amide bonds. The Hall–Kier alpha value is -2.34. The fourth-order valence-electron chi connectivity index (χ4n) is 3.41. The Morgan fingerprint density at radius 3 is 2.25 bits per heavy atom. The van der Waals surface area contributed by atoms with Crippen LogP contribution in [0.2, 0.25) is 0 Å². The molecule has 6 heteroatoms. The summed E-state index contributed by atoms with van der Waals surface area (Å²) < 4.78 is 6.67. The van der Waals surface area contributed by atoms with Gasteiger partial charge < -0.3 is 15.0 Å². The summed E-state index contributed by atoms with van der Waals surface area (Å²) in [6, 6.07) is 13.3. The second kappa shape index (κ2) is 12.0. The molecule has 5 nitrogen and oxygen atoms in total. The number of rotatable bonds is 10. The van der Waals surface area contributed by atoms with Crippen molar-refractivity contribution < 1.29 is 14.3 Å². The summed E-state index contributed by atoms with van der Waals surface area (Å²) in [7, 11) is 0. The number of benzene rings is 2. The number of nitrogens with one attached hydrogen (secondary N) is 1. The Morgan fingerprint density at radius 1 is 1.06 bits per heavy atom. The highest BCUT2D eigenvalue weighted by atomic mass is 79.9. The van der Waals surface area contributed by atoms with Crippen LogP contribution in [0.5, 0.6) is 5.75 Å². The summed E-state index contributed by atoms with van der Waals surface area (Å²) in [6.07, 6.45) is 0.517. The lowest BCUT2D eigenvalue weighted by molar-refractivity contribution is -0.143.